The zero-order valence-corrected chi connectivity index (χ0v) is 17.1. The van der Waals surface area contributed by atoms with Crippen molar-refractivity contribution in [2.45, 2.75) is 33.2 Å². The Balaban J connectivity index is 0.00000176. The zero-order valence-electron chi connectivity index (χ0n) is 17.1. The second kappa shape index (κ2) is 12.3. The Kier molecular flexibility index (Phi) is 10.4. The summed E-state index contributed by atoms with van der Waals surface area (Å²) in [6.45, 7) is 13.6. The third-order valence-corrected chi connectivity index (χ3v) is 4.43. The largest absolute Gasteiger partial charge is 0.468 e. The molecule has 1 fully saturated rings. The van der Waals surface area contributed by atoms with Crippen LogP contribution in [0.1, 0.15) is 27.2 Å². The molecular weight excluding hydrogens is 340 g/mol. The van der Waals surface area contributed by atoms with Gasteiger partial charge in [-0.25, -0.2) is 4.98 Å². The molecule has 0 amide bonds. The lowest BCUT2D eigenvalue weighted by molar-refractivity contribution is -0.147. The van der Waals surface area contributed by atoms with Gasteiger partial charge in [0.1, 0.15) is 11.9 Å². The molecule has 1 aromatic rings. The highest BCUT2D eigenvalue weighted by Gasteiger charge is 2.33. The van der Waals surface area contributed by atoms with Crippen LogP contribution in [0.5, 0.6) is 0 Å². The fourth-order valence-corrected chi connectivity index (χ4v) is 3.06. The molecule has 2 rings (SSSR count). The third-order valence-electron chi connectivity index (χ3n) is 4.43. The van der Waals surface area contributed by atoms with Gasteiger partial charge >= 0.3 is 5.97 Å². The molecule has 2 heterocycles. The molecule has 150 valence electrons. The van der Waals surface area contributed by atoms with Gasteiger partial charge in [0.05, 0.1) is 7.11 Å². The Morgan fingerprint density at radius 1 is 1.44 bits per heavy atom. The summed E-state index contributed by atoms with van der Waals surface area (Å²) >= 11 is 0. The van der Waals surface area contributed by atoms with Crippen LogP contribution in [-0.4, -0.2) is 61.7 Å². The van der Waals surface area contributed by atoms with Gasteiger partial charge in [0.25, 0.3) is 0 Å². The molecular formula is C21H34N4O2. The van der Waals surface area contributed by atoms with Crippen molar-refractivity contribution >= 4 is 24.4 Å². The van der Waals surface area contributed by atoms with E-state index >= 15 is 0 Å². The van der Waals surface area contributed by atoms with E-state index in [1.807, 2.05) is 45.1 Å². The van der Waals surface area contributed by atoms with E-state index in [0.29, 0.717) is 13.1 Å². The van der Waals surface area contributed by atoms with Crippen molar-refractivity contribution in [3.8, 4) is 0 Å². The highest BCUT2D eigenvalue weighted by Crippen LogP contribution is 2.15. The van der Waals surface area contributed by atoms with Gasteiger partial charge in [-0.3, -0.25) is 9.69 Å². The smallest absolute Gasteiger partial charge is 0.324 e. The van der Waals surface area contributed by atoms with Gasteiger partial charge in [-0.05, 0) is 31.2 Å². The van der Waals surface area contributed by atoms with Crippen molar-refractivity contribution in [2.24, 2.45) is 5.73 Å². The Bertz CT molecular complexity index is 717. The number of aromatic nitrogens is 1. The minimum atomic E-state index is -0.310. The topological polar surface area (TPSA) is 71.7 Å². The predicted octanol–water partition coefficient (Wildman–Crippen LogP) is 0.887. The number of rotatable bonds is 6. The molecule has 1 unspecified atom stereocenters. The molecule has 0 spiro atoms. The molecule has 2 N–H and O–H groups in total. The van der Waals surface area contributed by atoms with E-state index in [-0.39, 0.29) is 12.0 Å². The quantitative estimate of drug-likeness (QED) is 0.746. The predicted molar refractivity (Wildman–Crippen MR) is 113 cm³/mol. The Labute approximate surface area is 163 Å². The number of ether oxygens (including phenoxy) is 1. The van der Waals surface area contributed by atoms with E-state index in [0.717, 1.165) is 42.3 Å². The number of pyridine rings is 1. The number of hydrogen-bond donors (Lipinski definition) is 1. The van der Waals surface area contributed by atoms with Crippen LogP contribution in [0.25, 0.3) is 12.7 Å². The summed E-state index contributed by atoms with van der Waals surface area (Å²) in [6.07, 6.45) is 8.58. The van der Waals surface area contributed by atoms with Gasteiger partial charge in [-0.2, -0.15) is 0 Å². The van der Waals surface area contributed by atoms with E-state index in [1.165, 1.54) is 7.11 Å². The van der Waals surface area contributed by atoms with Gasteiger partial charge in [0, 0.05) is 37.6 Å². The van der Waals surface area contributed by atoms with Crippen LogP contribution in [0.3, 0.4) is 0 Å². The van der Waals surface area contributed by atoms with Crippen molar-refractivity contribution in [1.29, 1.82) is 0 Å². The molecule has 0 radical (unpaired) electrons. The maximum atomic E-state index is 12.3. The van der Waals surface area contributed by atoms with Crippen molar-refractivity contribution in [2.75, 3.05) is 44.7 Å². The summed E-state index contributed by atoms with van der Waals surface area (Å²) in [6, 6.07) is 1.59. The number of allylic oxidation sites excluding steroid dienone is 2. The summed E-state index contributed by atoms with van der Waals surface area (Å²) in [5, 5.41) is 1.91. The van der Waals surface area contributed by atoms with E-state index in [2.05, 4.69) is 21.4 Å². The lowest BCUT2D eigenvalue weighted by atomic mass is 10.1. The summed E-state index contributed by atoms with van der Waals surface area (Å²) < 4.78 is 5.01. The van der Waals surface area contributed by atoms with Crippen molar-refractivity contribution in [3.63, 3.8) is 0 Å². The molecule has 0 bridgehead atoms. The molecule has 0 aliphatic carbocycles. The number of nitrogens with zero attached hydrogens (tertiary/aromatic N) is 3. The van der Waals surface area contributed by atoms with Gasteiger partial charge in [0.15, 0.2) is 0 Å². The van der Waals surface area contributed by atoms with Crippen LogP contribution in [0.4, 0.5) is 5.82 Å². The first-order chi connectivity index (χ1) is 13.1. The van der Waals surface area contributed by atoms with Crippen molar-refractivity contribution in [1.82, 2.24) is 9.88 Å². The molecule has 1 aromatic heterocycles. The van der Waals surface area contributed by atoms with E-state index in [9.17, 15) is 4.79 Å². The van der Waals surface area contributed by atoms with Gasteiger partial charge in [-0.15, -0.1) is 0 Å². The molecule has 6 heteroatoms. The average Bonchev–Trinajstić information content (AvgIpc) is 2.72. The first kappa shape index (κ1) is 22.9. The third kappa shape index (κ3) is 6.19. The normalized spacial score (nSPS) is 18.3. The molecule has 1 atom stereocenters. The average molecular weight is 375 g/mol. The number of carbonyl (C=O) groups excluding carboxylic acids is 1. The highest BCUT2D eigenvalue weighted by atomic mass is 16.5. The molecule has 1 aliphatic heterocycles. The van der Waals surface area contributed by atoms with Crippen LogP contribution < -0.4 is 21.1 Å². The van der Waals surface area contributed by atoms with E-state index in [4.69, 9.17) is 10.5 Å². The monoisotopic (exact) mass is 374 g/mol. The van der Waals surface area contributed by atoms with Crippen LogP contribution in [-0.2, 0) is 9.53 Å². The standard InChI is InChI=1S/C19H28N4O2.C2H6/c1-4-5-7-16-15(2)8-10-21-18(16)23-13-12-22(11-6-9-20)17(14-23)19(24)25-3;1-2/h4-5,7-8,10,17H,2,6,9,11-14,20H2,1,3H3;1-2H3/b5-4-,16-7+;. The maximum Gasteiger partial charge on any atom is 0.324 e. The molecule has 6 nitrogen and oxygen atoms in total. The lowest BCUT2D eigenvalue weighted by Gasteiger charge is -2.40. The maximum absolute atomic E-state index is 12.3. The molecule has 0 saturated carbocycles. The summed E-state index contributed by atoms with van der Waals surface area (Å²) in [5.74, 6) is 0.643. The second-order valence-electron chi connectivity index (χ2n) is 6.06. The van der Waals surface area contributed by atoms with Gasteiger partial charge in [-0.1, -0.05) is 38.7 Å². The number of methoxy groups -OCH3 is 1. The van der Waals surface area contributed by atoms with Crippen molar-refractivity contribution in [3.05, 3.63) is 34.9 Å². The number of carbonyl (C=O) groups is 1. The minimum Gasteiger partial charge on any atom is -0.468 e. The lowest BCUT2D eigenvalue weighted by Crippen LogP contribution is -2.58. The Morgan fingerprint density at radius 3 is 2.81 bits per heavy atom. The second-order valence-corrected chi connectivity index (χ2v) is 6.06. The SMILES string of the molecule is C=c1ccnc(N2CCN(CCCN)C(C(=O)OC)C2)/c1=C/C=C\C.CC. The van der Waals surface area contributed by atoms with Crippen LogP contribution >= 0.6 is 0 Å². The van der Waals surface area contributed by atoms with Gasteiger partial charge in [0.2, 0.25) is 0 Å². The zero-order chi connectivity index (χ0) is 20.2. The number of piperazine rings is 1. The van der Waals surface area contributed by atoms with Gasteiger partial charge < -0.3 is 15.4 Å². The van der Waals surface area contributed by atoms with E-state index < -0.39 is 0 Å². The number of esters is 1. The fourth-order valence-electron chi connectivity index (χ4n) is 3.06. The molecule has 27 heavy (non-hydrogen) atoms. The highest BCUT2D eigenvalue weighted by molar-refractivity contribution is 5.77. The van der Waals surface area contributed by atoms with Crippen LogP contribution in [0.2, 0.25) is 0 Å². The first-order valence-corrected chi connectivity index (χ1v) is 9.66. The first-order valence-electron chi connectivity index (χ1n) is 9.66. The Hall–Kier alpha value is -2.18. The Morgan fingerprint density at radius 2 is 2.19 bits per heavy atom. The fraction of sp³-hybridized carbons (Fsp3) is 0.524. The van der Waals surface area contributed by atoms with Crippen LogP contribution in [0.15, 0.2) is 24.4 Å². The number of anilines is 1. The van der Waals surface area contributed by atoms with Crippen LogP contribution in [0, 0.1) is 0 Å². The summed E-state index contributed by atoms with van der Waals surface area (Å²) in [5.41, 5.74) is 5.62. The molecule has 0 aromatic carbocycles. The number of hydrogen-bond acceptors (Lipinski definition) is 6. The number of nitrogens with two attached hydrogens (primary N) is 1. The summed E-state index contributed by atoms with van der Waals surface area (Å²) in [4.78, 5) is 21.1. The molecule has 1 aliphatic rings. The van der Waals surface area contributed by atoms with Crippen molar-refractivity contribution < 1.29 is 9.53 Å². The molecule has 1 saturated heterocycles. The summed E-state index contributed by atoms with van der Waals surface area (Å²) in [7, 11) is 1.43. The minimum absolute atomic E-state index is 0.216. The van der Waals surface area contributed by atoms with E-state index in [1.54, 1.807) is 6.20 Å².